The number of aliphatic hydroxyl groups excluding tert-OH is 2. The molecular formula is C13H29NO4. The van der Waals surface area contributed by atoms with Gasteiger partial charge in [-0.1, -0.05) is 30.9 Å². The minimum absolute atomic E-state index is 0.278. The highest BCUT2D eigenvalue weighted by Gasteiger charge is 1.98. The molecule has 2 N–H and O–H groups in total. The van der Waals surface area contributed by atoms with Crippen LogP contribution in [0.5, 0.6) is 0 Å². The van der Waals surface area contributed by atoms with Crippen LogP contribution in [0.4, 0.5) is 0 Å². The van der Waals surface area contributed by atoms with Gasteiger partial charge in [-0.15, -0.1) is 0 Å². The molecule has 0 rings (SSSR count). The van der Waals surface area contributed by atoms with Crippen LogP contribution in [0, 0.1) is 0 Å². The number of hydrogen-bond donors (Lipinski definition) is 2. The van der Waals surface area contributed by atoms with Gasteiger partial charge in [-0.25, -0.2) is 0 Å². The van der Waals surface area contributed by atoms with Crippen molar-refractivity contribution in [1.82, 2.24) is 5.23 Å². The van der Waals surface area contributed by atoms with Gasteiger partial charge in [-0.05, 0) is 25.7 Å². The molecule has 0 heterocycles. The van der Waals surface area contributed by atoms with Gasteiger partial charge in [0, 0.05) is 20.3 Å². The molecule has 0 radical (unpaired) electrons. The van der Waals surface area contributed by atoms with Crippen molar-refractivity contribution in [2.45, 2.75) is 51.4 Å². The summed E-state index contributed by atoms with van der Waals surface area (Å²) in [6, 6.07) is 0. The van der Waals surface area contributed by atoms with Gasteiger partial charge in [0.15, 0.2) is 0 Å². The normalized spacial score (nSPS) is 11.3. The first kappa shape index (κ1) is 17.8. The van der Waals surface area contributed by atoms with Crippen LogP contribution in [0.2, 0.25) is 0 Å². The molecule has 0 aliphatic heterocycles. The van der Waals surface area contributed by atoms with Crippen LogP contribution in [-0.4, -0.2) is 48.9 Å². The molecule has 0 unspecified atom stereocenters. The molecule has 0 aromatic rings. The first-order valence-corrected chi connectivity index (χ1v) is 7.02. The number of unbranched alkanes of at least 4 members (excludes halogenated alkanes) is 6. The van der Waals surface area contributed by atoms with Crippen molar-refractivity contribution in [2.24, 2.45) is 0 Å². The quantitative estimate of drug-likeness (QED) is 0.370. The molecule has 0 aliphatic carbocycles. The highest BCUT2D eigenvalue weighted by atomic mass is 16.9. The van der Waals surface area contributed by atoms with E-state index in [-0.39, 0.29) is 13.2 Å². The largest absolute Gasteiger partial charge is 0.396 e. The lowest BCUT2D eigenvalue weighted by Crippen LogP contribution is -2.20. The maximum atomic E-state index is 8.61. The Bertz CT molecular complexity index is 142. The van der Waals surface area contributed by atoms with Crippen molar-refractivity contribution >= 4 is 0 Å². The first-order chi connectivity index (χ1) is 8.81. The highest BCUT2D eigenvalue weighted by molar-refractivity contribution is 4.41. The van der Waals surface area contributed by atoms with E-state index < -0.39 is 0 Å². The minimum atomic E-state index is 0.278. The summed E-state index contributed by atoms with van der Waals surface area (Å²) < 4.78 is 0. The highest BCUT2D eigenvalue weighted by Crippen LogP contribution is 2.02. The number of nitrogens with zero attached hydrogens (tertiary/aromatic N) is 1. The van der Waals surface area contributed by atoms with Crippen molar-refractivity contribution in [3.05, 3.63) is 0 Å². The maximum absolute atomic E-state index is 8.61. The average Bonchev–Trinajstić information content (AvgIpc) is 2.38. The summed E-state index contributed by atoms with van der Waals surface area (Å²) >= 11 is 0. The molecule has 0 saturated heterocycles. The Labute approximate surface area is 111 Å². The smallest absolute Gasteiger partial charge is 0.0711 e. The zero-order valence-electron chi connectivity index (χ0n) is 11.6. The van der Waals surface area contributed by atoms with Crippen molar-refractivity contribution in [1.29, 1.82) is 0 Å². The Morgan fingerprint density at radius 1 is 0.667 bits per heavy atom. The molecule has 0 saturated carbocycles. The number of hydroxylamine groups is 2. The second-order valence-electron chi connectivity index (χ2n) is 4.38. The van der Waals surface area contributed by atoms with E-state index in [4.69, 9.17) is 19.9 Å². The molecule has 0 atom stereocenters. The Morgan fingerprint density at radius 3 is 1.44 bits per heavy atom. The third-order valence-corrected chi connectivity index (χ3v) is 2.65. The van der Waals surface area contributed by atoms with Crippen LogP contribution in [0.1, 0.15) is 51.4 Å². The van der Waals surface area contributed by atoms with E-state index in [2.05, 4.69) is 0 Å². The van der Waals surface area contributed by atoms with Gasteiger partial charge in [0.2, 0.25) is 0 Å². The summed E-state index contributed by atoms with van der Waals surface area (Å²) in [7, 11) is 1.77. The number of rotatable bonds is 14. The predicted octanol–water partition coefficient (Wildman–Crippen LogP) is 1.89. The van der Waals surface area contributed by atoms with Gasteiger partial charge in [-0.3, -0.25) is 9.68 Å². The van der Waals surface area contributed by atoms with E-state index in [1.54, 1.807) is 7.05 Å². The summed E-state index contributed by atoms with van der Waals surface area (Å²) in [6.45, 7) is 1.87. The molecule has 110 valence electrons. The van der Waals surface area contributed by atoms with Crippen LogP contribution in [0.15, 0.2) is 0 Å². The maximum Gasteiger partial charge on any atom is 0.0711 e. The van der Waals surface area contributed by atoms with Gasteiger partial charge >= 0.3 is 0 Å². The SMILES string of the molecule is CN(OCCCCCCO)OCCCCCCO. The predicted molar refractivity (Wildman–Crippen MR) is 70.8 cm³/mol. The summed E-state index contributed by atoms with van der Waals surface area (Å²) in [5.41, 5.74) is 0. The standard InChI is InChI=1S/C13H29NO4/c1-14(17-12-8-4-2-6-10-15)18-13-9-5-3-7-11-16/h15-16H,2-13H2,1H3. The van der Waals surface area contributed by atoms with Gasteiger partial charge in [0.1, 0.15) is 0 Å². The van der Waals surface area contributed by atoms with E-state index in [0.717, 1.165) is 51.4 Å². The Hall–Kier alpha value is -0.200. The molecule has 5 nitrogen and oxygen atoms in total. The van der Waals surface area contributed by atoms with Crippen LogP contribution in [0.3, 0.4) is 0 Å². The fraction of sp³-hybridized carbons (Fsp3) is 1.00. The first-order valence-electron chi connectivity index (χ1n) is 7.02. The number of aliphatic hydroxyl groups is 2. The third kappa shape index (κ3) is 13.9. The van der Waals surface area contributed by atoms with Gasteiger partial charge in [-0.2, -0.15) is 0 Å². The van der Waals surface area contributed by atoms with E-state index in [0.29, 0.717) is 13.2 Å². The summed E-state index contributed by atoms with van der Waals surface area (Å²) in [5, 5.41) is 18.7. The Kier molecular flexibility index (Phi) is 14.7. The van der Waals surface area contributed by atoms with Gasteiger partial charge in [0.05, 0.1) is 13.2 Å². The molecule has 0 bridgehead atoms. The fourth-order valence-corrected chi connectivity index (χ4v) is 1.56. The van der Waals surface area contributed by atoms with Crippen LogP contribution >= 0.6 is 0 Å². The zero-order chi connectivity index (χ0) is 13.5. The van der Waals surface area contributed by atoms with Crippen molar-refractivity contribution < 1.29 is 19.9 Å². The topological polar surface area (TPSA) is 62.2 Å². The van der Waals surface area contributed by atoms with Crippen molar-refractivity contribution in [3.8, 4) is 0 Å². The molecular weight excluding hydrogens is 234 g/mol. The second-order valence-corrected chi connectivity index (χ2v) is 4.38. The molecule has 0 aromatic carbocycles. The Balaban J connectivity index is 3.10. The molecule has 0 fully saturated rings. The third-order valence-electron chi connectivity index (χ3n) is 2.65. The van der Waals surface area contributed by atoms with Gasteiger partial charge < -0.3 is 10.2 Å². The monoisotopic (exact) mass is 263 g/mol. The zero-order valence-corrected chi connectivity index (χ0v) is 11.6. The lowest BCUT2D eigenvalue weighted by atomic mass is 10.2. The molecule has 5 heteroatoms. The number of hydrogen-bond acceptors (Lipinski definition) is 5. The van der Waals surface area contributed by atoms with E-state index >= 15 is 0 Å². The van der Waals surface area contributed by atoms with Crippen LogP contribution < -0.4 is 0 Å². The fourth-order valence-electron chi connectivity index (χ4n) is 1.56. The summed E-state index contributed by atoms with van der Waals surface area (Å²) in [4.78, 5) is 10.7. The lowest BCUT2D eigenvalue weighted by molar-refractivity contribution is -0.353. The summed E-state index contributed by atoms with van der Waals surface area (Å²) in [6.07, 6.45) is 7.99. The molecule has 18 heavy (non-hydrogen) atoms. The average molecular weight is 263 g/mol. The van der Waals surface area contributed by atoms with Crippen LogP contribution in [0.25, 0.3) is 0 Å². The second kappa shape index (κ2) is 14.9. The summed E-state index contributed by atoms with van der Waals surface area (Å²) in [5.74, 6) is 0. The molecule has 0 aliphatic rings. The van der Waals surface area contributed by atoms with E-state index in [9.17, 15) is 0 Å². The Morgan fingerprint density at radius 2 is 1.06 bits per heavy atom. The minimum Gasteiger partial charge on any atom is -0.396 e. The van der Waals surface area contributed by atoms with Crippen molar-refractivity contribution in [2.75, 3.05) is 33.5 Å². The van der Waals surface area contributed by atoms with Gasteiger partial charge in [0.25, 0.3) is 0 Å². The molecule has 0 aromatic heterocycles. The lowest BCUT2D eigenvalue weighted by Gasteiger charge is -2.16. The van der Waals surface area contributed by atoms with E-state index in [1.807, 2.05) is 0 Å². The molecule has 0 spiro atoms. The van der Waals surface area contributed by atoms with E-state index in [1.165, 1.54) is 5.23 Å². The van der Waals surface area contributed by atoms with Crippen molar-refractivity contribution in [3.63, 3.8) is 0 Å². The van der Waals surface area contributed by atoms with Crippen LogP contribution in [-0.2, 0) is 9.68 Å². The molecule has 0 amide bonds.